The van der Waals surface area contributed by atoms with Crippen LogP contribution in [-0.2, 0) is 11.3 Å². The molecule has 0 aliphatic carbocycles. The van der Waals surface area contributed by atoms with Crippen LogP contribution in [0.4, 0.5) is 0 Å². The fourth-order valence-electron chi connectivity index (χ4n) is 2.17. The van der Waals surface area contributed by atoms with E-state index in [2.05, 4.69) is 0 Å². The summed E-state index contributed by atoms with van der Waals surface area (Å²) in [6, 6.07) is 5.36. The molecule has 0 amide bonds. The number of hydrogen-bond acceptors (Lipinski definition) is 5. The van der Waals surface area contributed by atoms with Crippen molar-refractivity contribution in [2.45, 2.75) is 37.9 Å². The van der Waals surface area contributed by atoms with E-state index < -0.39 is 12.2 Å². The van der Waals surface area contributed by atoms with E-state index in [1.165, 1.54) is 13.2 Å². The minimum atomic E-state index is -1.01. The monoisotopic (exact) mass is 280 g/mol. The Labute approximate surface area is 118 Å². The molecular weight excluding hydrogens is 260 g/mol. The average Bonchev–Trinajstić information content (AvgIpc) is 3.20. The molecule has 1 heterocycles. The third kappa shape index (κ3) is 3.19. The Morgan fingerprint density at radius 2 is 2.10 bits per heavy atom. The molecule has 2 rings (SSSR count). The highest BCUT2D eigenvalue weighted by Crippen LogP contribution is 2.27. The summed E-state index contributed by atoms with van der Waals surface area (Å²) in [5, 5.41) is 29.1. The number of rotatable bonds is 6. The van der Waals surface area contributed by atoms with Gasteiger partial charge in [-0.25, -0.2) is 0 Å². The highest BCUT2D eigenvalue weighted by Gasteiger charge is 2.43. The quantitative estimate of drug-likeness (QED) is 0.669. The molecule has 0 spiro atoms. The van der Waals surface area contributed by atoms with Crippen LogP contribution in [0.5, 0.6) is 5.75 Å². The third-order valence-electron chi connectivity index (χ3n) is 3.46. The van der Waals surface area contributed by atoms with Gasteiger partial charge in [0, 0.05) is 5.56 Å². The Balaban J connectivity index is 2.10. The first-order valence-corrected chi connectivity index (χ1v) is 6.55. The van der Waals surface area contributed by atoms with Crippen LogP contribution in [0.1, 0.15) is 18.1 Å². The minimum Gasteiger partial charge on any atom is -0.496 e. The molecule has 0 unspecified atom stereocenters. The van der Waals surface area contributed by atoms with Crippen LogP contribution in [0.2, 0.25) is 0 Å². The maximum atomic E-state index is 9.89. The topological polar surface area (TPSA) is 82.5 Å². The Hall–Kier alpha value is -1.40. The zero-order chi connectivity index (χ0) is 14.7. The van der Waals surface area contributed by atoms with Crippen LogP contribution < -0.4 is 4.74 Å². The third-order valence-corrected chi connectivity index (χ3v) is 3.46. The number of aliphatic hydroxyl groups excluding tert-OH is 3. The molecule has 20 heavy (non-hydrogen) atoms. The molecule has 0 aromatic heterocycles. The Bertz CT molecular complexity index is 485. The highest BCUT2D eigenvalue weighted by atomic mass is 16.6. The number of epoxide rings is 1. The fourth-order valence-corrected chi connectivity index (χ4v) is 2.17. The first-order chi connectivity index (χ1) is 9.58. The summed E-state index contributed by atoms with van der Waals surface area (Å²) in [5.41, 5.74) is 1.38. The van der Waals surface area contributed by atoms with Crippen molar-refractivity contribution in [2.75, 3.05) is 7.11 Å². The molecule has 1 aromatic rings. The summed E-state index contributed by atoms with van der Waals surface area (Å²) in [7, 11) is 1.53. The van der Waals surface area contributed by atoms with Gasteiger partial charge in [-0.1, -0.05) is 24.3 Å². The second-order valence-corrected chi connectivity index (χ2v) is 4.83. The number of methoxy groups -OCH3 is 1. The van der Waals surface area contributed by atoms with Crippen LogP contribution in [0, 0.1) is 0 Å². The normalized spacial score (nSPS) is 24.6. The second-order valence-electron chi connectivity index (χ2n) is 4.83. The lowest BCUT2D eigenvalue weighted by Gasteiger charge is -2.13. The lowest BCUT2D eigenvalue weighted by atomic mass is 10.0. The molecule has 5 heteroatoms. The molecule has 110 valence electrons. The summed E-state index contributed by atoms with van der Waals surface area (Å²) >= 11 is 0. The van der Waals surface area contributed by atoms with Crippen molar-refractivity contribution >= 4 is 6.08 Å². The molecular formula is C15H20O5. The van der Waals surface area contributed by atoms with Crippen LogP contribution in [-0.4, -0.2) is 46.8 Å². The van der Waals surface area contributed by atoms with Gasteiger partial charge in [-0.05, 0) is 18.6 Å². The summed E-state index contributed by atoms with van der Waals surface area (Å²) in [6.07, 6.45) is 0.879. The summed E-state index contributed by atoms with van der Waals surface area (Å²) < 4.78 is 10.3. The number of benzene rings is 1. The number of hydrogen-bond donors (Lipinski definition) is 3. The van der Waals surface area contributed by atoms with E-state index in [4.69, 9.17) is 9.47 Å². The van der Waals surface area contributed by atoms with E-state index in [0.717, 1.165) is 5.56 Å². The summed E-state index contributed by atoms with van der Waals surface area (Å²) in [6.45, 7) is 1.68. The van der Waals surface area contributed by atoms with Gasteiger partial charge in [0.1, 0.15) is 24.1 Å². The van der Waals surface area contributed by atoms with Gasteiger partial charge in [0.05, 0.1) is 19.8 Å². The van der Waals surface area contributed by atoms with Gasteiger partial charge in [-0.2, -0.15) is 0 Å². The molecule has 3 N–H and O–H groups in total. The standard InChI is InChI=1S/C15H20O5/c1-9-15(20-9)14(18)12(17)7-6-10-4-3-5-13(19-2)11(10)8-16/h3-7,9,12,14-18H,8H2,1-2H3/b7-6+/t9-,12+,14+,15+/m0/s1. The largest absolute Gasteiger partial charge is 0.496 e. The maximum Gasteiger partial charge on any atom is 0.124 e. The van der Waals surface area contributed by atoms with Crippen LogP contribution in [0.3, 0.4) is 0 Å². The first kappa shape index (κ1) is 15.0. The fraction of sp³-hybridized carbons (Fsp3) is 0.467. The zero-order valence-corrected chi connectivity index (χ0v) is 11.6. The van der Waals surface area contributed by atoms with Gasteiger partial charge in [0.25, 0.3) is 0 Å². The molecule has 1 aromatic carbocycles. The molecule has 4 atom stereocenters. The van der Waals surface area contributed by atoms with Crippen LogP contribution >= 0.6 is 0 Å². The minimum absolute atomic E-state index is 0.0159. The molecule has 0 saturated carbocycles. The summed E-state index contributed by atoms with van der Waals surface area (Å²) in [5.74, 6) is 0.587. The zero-order valence-electron chi connectivity index (χ0n) is 11.6. The average molecular weight is 280 g/mol. The first-order valence-electron chi connectivity index (χ1n) is 6.55. The smallest absolute Gasteiger partial charge is 0.124 e. The molecule has 5 nitrogen and oxygen atoms in total. The predicted molar refractivity (Wildman–Crippen MR) is 74.3 cm³/mol. The van der Waals surface area contributed by atoms with Crippen molar-refractivity contribution in [3.8, 4) is 5.75 Å². The lowest BCUT2D eigenvalue weighted by molar-refractivity contribution is 0.0297. The number of aliphatic hydroxyl groups is 3. The molecule has 1 saturated heterocycles. The van der Waals surface area contributed by atoms with E-state index in [-0.39, 0.29) is 18.8 Å². The van der Waals surface area contributed by atoms with Gasteiger partial charge >= 0.3 is 0 Å². The molecule has 1 aliphatic heterocycles. The van der Waals surface area contributed by atoms with Crippen molar-refractivity contribution in [3.05, 3.63) is 35.4 Å². The van der Waals surface area contributed by atoms with Crippen molar-refractivity contribution in [3.63, 3.8) is 0 Å². The van der Waals surface area contributed by atoms with Gasteiger partial charge < -0.3 is 24.8 Å². The van der Waals surface area contributed by atoms with E-state index in [1.54, 1.807) is 24.3 Å². The van der Waals surface area contributed by atoms with Gasteiger partial charge in [-0.15, -0.1) is 0 Å². The molecule has 1 aliphatic rings. The lowest BCUT2D eigenvalue weighted by Crippen LogP contribution is -2.30. The predicted octanol–water partition coefficient (Wildman–Crippen LogP) is 0.710. The van der Waals surface area contributed by atoms with Crippen molar-refractivity contribution in [1.82, 2.24) is 0 Å². The Morgan fingerprint density at radius 3 is 2.65 bits per heavy atom. The van der Waals surface area contributed by atoms with Crippen molar-refractivity contribution in [1.29, 1.82) is 0 Å². The van der Waals surface area contributed by atoms with E-state index in [0.29, 0.717) is 11.3 Å². The van der Waals surface area contributed by atoms with E-state index in [9.17, 15) is 15.3 Å². The van der Waals surface area contributed by atoms with Crippen molar-refractivity contribution < 1.29 is 24.8 Å². The molecule has 0 radical (unpaired) electrons. The Kier molecular flexibility index (Phi) is 4.77. The second kappa shape index (κ2) is 6.37. The van der Waals surface area contributed by atoms with Crippen LogP contribution in [0.15, 0.2) is 24.3 Å². The molecule has 0 bridgehead atoms. The number of ether oxygens (including phenoxy) is 2. The summed E-state index contributed by atoms with van der Waals surface area (Å²) in [4.78, 5) is 0. The van der Waals surface area contributed by atoms with E-state index in [1.807, 2.05) is 6.92 Å². The van der Waals surface area contributed by atoms with E-state index >= 15 is 0 Å². The SMILES string of the molecule is COc1cccc(/C=C/[C@@H](O)[C@@H](O)[C@@H]2O[C@H]2C)c1CO. The van der Waals surface area contributed by atoms with Crippen LogP contribution in [0.25, 0.3) is 6.08 Å². The van der Waals surface area contributed by atoms with Gasteiger partial charge in [0.2, 0.25) is 0 Å². The Morgan fingerprint density at radius 1 is 1.40 bits per heavy atom. The maximum absolute atomic E-state index is 9.89. The van der Waals surface area contributed by atoms with Gasteiger partial charge in [0.15, 0.2) is 0 Å². The van der Waals surface area contributed by atoms with Gasteiger partial charge in [-0.3, -0.25) is 0 Å². The molecule has 1 fully saturated rings. The highest BCUT2D eigenvalue weighted by molar-refractivity contribution is 5.58. The van der Waals surface area contributed by atoms with Crippen molar-refractivity contribution in [2.24, 2.45) is 0 Å².